The molecule has 0 aliphatic heterocycles. The summed E-state index contributed by atoms with van der Waals surface area (Å²) < 4.78 is 36.6. The lowest BCUT2D eigenvalue weighted by Gasteiger charge is -2.11. The molecule has 0 saturated carbocycles. The first-order valence-electron chi connectivity index (χ1n) is 8.27. The van der Waals surface area contributed by atoms with Crippen LogP contribution < -0.4 is 5.32 Å². The lowest BCUT2D eigenvalue weighted by molar-refractivity contribution is -0.119. The van der Waals surface area contributed by atoms with Crippen molar-refractivity contribution < 1.29 is 27.5 Å². The van der Waals surface area contributed by atoms with Crippen LogP contribution >= 0.6 is 11.8 Å². The fraction of sp³-hybridized carbons (Fsp3) is 0.158. The lowest BCUT2D eigenvalue weighted by atomic mass is 10.2. The summed E-state index contributed by atoms with van der Waals surface area (Å²) in [6.07, 6.45) is 3.22. The van der Waals surface area contributed by atoms with Crippen LogP contribution in [-0.4, -0.2) is 34.7 Å². The molecule has 0 saturated heterocycles. The maximum absolute atomic E-state index is 13.2. The molecule has 29 heavy (non-hydrogen) atoms. The first kappa shape index (κ1) is 20.5. The maximum Gasteiger partial charge on any atom is 0.343 e. The Balaban J connectivity index is 1.71. The van der Waals surface area contributed by atoms with Crippen LogP contribution in [-0.2, 0) is 9.53 Å². The molecule has 10 heteroatoms. The number of furan rings is 1. The van der Waals surface area contributed by atoms with Crippen molar-refractivity contribution in [3.8, 4) is 11.6 Å². The van der Waals surface area contributed by atoms with Gasteiger partial charge < -0.3 is 14.5 Å². The van der Waals surface area contributed by atoms with E-state index in [0.29, 0.717) is 28.4 Å². The third-order valence-corrected chi connectivity index (χ3v) is 4.36. The van der Waals surface area contributed by atoms with Gasteiger partial charge in [-0.15, -0.1) is 11.8 Å². The second-order valence-electron chi connectivity index (χ2n) is 5.78. The summed E-state index contributed by atoms with van der Waals surface area (Å²) in [6.45, 7) is 0.962. The summed E-state index contributed by atoms with van der Waals surface area (Å²) in [6, 6.07) is 5.95. The molecule has 1 N–H and O–H groups in total. The molecule has 7 nitrogen and oxygen atoms in total. The smallest absolute Gasteiger partial charge is 0.343 e. The summed E-state index contributed by atoms with van der Waals surface area (Å²) in [7, 11) is 0. The van der Waals surface area contributed by atoms with Gasteiger partial charge in [0.15, 0.2) is 18.2 Å². The van der Waals surface area contributed by atoms with Gasteiger partial charge in [0.25, 0.3) is 5.91 Å². The molecule has 0 aliphatic carbocycles. The maximum atomic E-state index is 13.2. The number of esters is 1. The molecule has 0 spiro atoms. The van der Waals surface area contributed by atoms with E-state index in [1.54, 1.807) is 25.3 Å². The van der Waals surface area contributed by atoms with E-state index in [0.717, 1.165) is 12.1 Å². The van der Waals surface area contributed by atoms with Gasteiger partial charge in [-0.1, -0.05) is 0 Å². The number of thioether (sulfide) groups is 1. The van der Waals surface area contributed by atoms with Crippen molar-refractivity contribution >= 4 is 29.3 Å². The number of carbonyl (C=O) groups excluding carboxylic acids is 2. The zero-order valence-corrected chi connectivity index (χ0v) is 16.2. The van der Waals surface area contributed by atoms with Crippen LogP contribution in [0.4, 0.5) is 14.5 Å². The number of amides is 1. The first-order valence-corrected chi connectivity index (χ1v) is 9.49. The predicted molar refractivity (Wildman–Crippen MR) is 102 cm³/mol. The minimum Gasteiger partial charge on any atom is -0.461 e. The Morgan fingerprint density at radius 2 is 1.93 bits per heavy atom. The number of nitrogens with zero attached hydrogens (tertiary/aromatic N) is 2. The molecule has 0 fully saturated rings. The molecule has 1 aromatic carbocycles. The van der Waals surface area contributed by atoms with Crippen molar-refractivity contribution in [3.63, 3.8) is 0 Å². The van der Waals surface area contributed by atoms with Crippen molar-refractivity contribution in [1.29, 1.82) is 0 Å². The van der Waals surface area contributed by atoms with Gasteiger partial charge in [-0.3, -0.25) is 4.79 Å². The fourth-order valence-electron chi connectivity index (χ4n) is 2.47. The van der Waals surface area contributed by atoms with Gasteiger partial charge in [0.1, 0.15) is 22.2 Å². The molecule has 0 aliphatic rings. The highest BCUT2D eigenvalue weighted by atomic mass is 32.2. The summed E-state index contributed by atoms with van der Waals surface area (Å²) >= 11 is 1.21. The van der Waals surface area contributed by atoms with Crippen molar-refractivity contribution in [2.45, 2.75) is 11.9 Å². The Labute approximate surface area is 168 Å². The molecule has 3 aromatic rings. The average Bonchev–Trinajstić information content (AvgIpc) is 3.19. The van der Waals surface area contributed by atoms with Crippen molar-refractivity contribution in [1.82, 2.24) is 9.97 Å². The highest BCUT2D eigenvalue weighted by molar-refractivity contribution is 7.98. The number of hydrogen-bond acceptors (Lipinski definition) is 7. The second-order valence-corrected chi connectivity index (χ2v) is 6.57. The molecule has 0 bridgehead atoms. The van der Waals surface area contributed by atoms with Crippen molar-refractivity contribution in [2.24, 2.45) is 0 Å². The number of ether oxygens (including phenoxy) is 1. The Hall–Kier alpha value is -3.27. The van der Waals surface area contributed by atoms with Crippen LogP contribution in [0, 0.1) is 18.6 Å². The highest BCUT2D eigenvalue weighted by Crippen LogP contribution is 2.25. The van der Waals surface area contributed by atoms with Gasteiger partial charge in [-0.25, -0.2) is 23.5 Å². The zero-order valence-electron chi connectivity index (χ0n) is 15.4. The number of hydrogen-bond donors (Lipinski definition) is 1. The number of carbonyl (C=O) groups is 2. The van der Waals surface area contributed by atoms with Crippen molar-refractivity contribution in [3.05, 3.63) is 59.5 Å². The number of anilines is 1. The van der Waals surface area contributed by atoms with E-state index in [1.807, 2.05) is 0 Å². The van der Waals surface area contributed by atoms with Crippen LogP contribution in [0.5, 0.6) is 0 Å². The van der Waals surface area contributed by atoms with E-state index in [-0.39, 0.29) is 11.3 Å². The van der Waals surface area contributed by atoms with Gasteiger partial charge in [-0.05, 0) is 37.4 Å². The first-order chi connectivity index (χ1) is 13.9. The van der Waals surface area contributed by atoms with Crippen LogP contribution in [0.2, 0.25) is 0 Å². The van der Waals surface area contributed by atoms with E-state index in [4.69, 9.17) is 9.15 Å². The molecule has 0 unspecified atom stereocenters. The van der Waals surface area contributed by atoms with E-state index in [2.05, 4.69) is 15.3 Å². The van der Waals surface area contributed by atoms with E-state index >= 15 is 0 Å². The summed E-state index contributed by atoms with van der Waals surface area (Å²) in [5, 5.41) is 2.62. The number of nitrogens with one attached hydrogen (secondary N) is 1. The largest absolute Gasteiger partial charge is 0.461 e. The SMILES string of the molecule is CSc1nc(-c2ccco2)nc(C)c1C(=O)OCC(=O)Nc1cc(F)cc(F)c1. The third-order valence-electron chi connectivity index (χ3n) is 3.68. The molecule has 3 rings (SSSR count). The van der Waals surface area contributed by atoms with Gasteiger partial charge in [0.2, 0.25) is 0 Å². The highest BCUT2D eigenvalue weighted by Gasteiger charge is 2.22. The zero-order chi connectivity index (χ0) is 21.0. The molecule has 0 atom stereocenters. The number of aryl methyl sites for hydroxylation is 1. The van der Waals surface area contributed by atoms with Gasteiger partial charge >= 0.3 is 5.97 Å². The lowest BCUT2D eigenvalue weighted by Crippen LogP contribution is -2.22. The minimum atomic E-state index is -0.841. The number of rotatable bonds is 6. The second kappa shape index (κ2) is 8.82. The van der Waals surface area contributed by atoms with E-state index in [9.17, 15) is 18.4 Å². The van der Waals surface area contributed by atoms with E-state index < -0.39 is 30.1 Å². The van der Waals surface area contributed by atoms with E-state index in [1.165, 1.54) is 18.0 Å². The van der Waals surface area contributed by atoms with Gasteiger partial charge in [0.05, 0.1) is 12.0 Å². The Morgan fingerprint density at radius 3 is 2.55 bits per heavy atom. The van der Waals surface area contributed by atoms with Crippen LogP contribution in [0.15, 0.2) is 46.0 Å². The standard InChI is InChI=1S/C19H15F2N3O4S/c1-10-16(18(29-2)24-17(22-10)14-4-3-5-27-14)19(26)28-9-15(25)23-13-7-11(20)6-12(21)8-13/h3-8H,9H2,1-2H3,(H,23,25). The summed E-state index contributed by atoms with van der Waals surface area (Å²) in [5.74, 6) is -2.46. The molecule has 2 aromatic heterocycles. The molecular weight excluding hydrogens is 404 g/mol. The fourth-order valence-corrected chi connectivity index (χ4v) is 3.08. The Bertz CT molecular complexity index is 1040. The normalized spacial score (nSPS) is 10.6. The molecule has 0 radical (unpaired) electrons. The quantitative estimate of drug-likeness (QED) is 0.368. The molecule has 2 heterocycles. The number of halogens is 2. The third kappa shape index (κ3) is 4.96. The van der Waals surface area contributed by atoms with Crippen LogP contribution in [0.3, 0.4) is 0 Å². The molecule has 150 valence electrons. The summed E-state index contributed by atoms with van der Waals surface area (Å²) in [5.41, 5.74) is 0.390. The minimum absolute atomic E-state index is 0.0873. The topological polar surface area (TPSA) is 94.3 Å². The number of aromatic nitrogens is 2. The Morgan fingerprint density at radius 1 is 1.21 bits per heavy atom. The average molecular weight is 419 g/mol. The monoisotopic (exact) mass is 419 g/mol. The van der Waals surface area contributed by atoms with Gasteiger partial charge in [-0.2, -0.15) is 0 Å². The van der Waals surface area contributed by atoms with Crippen LogP contribution in [0.1, 0.15) is 16.1 Å². The predicted octanol–water partition coefficient (Wildman–Crippen LogP) is 3.84. The van der Waals surface area contributed by atoms with Crippen molar-refractivity contribution in [2.75, 3.05) is 18.2 Å². The van der Waals surface area contributed by atoms with Crippen LogP contribution in [0.25, 0.3) is 11.6 Å². The summed E-state index contributed by atoms with van der Waals surface area (Å²) in [4.78, 5) is 33.0. The molecular formula is C19H15F2N3O4S. The number of benzene rings is 1. The van der Waals surface area contributed by atoms with Gasteiger partial charge in [0, 0.05) is 11.8 Å². The molecule has 1 amide bonds. The Kier molecular flexibility index (Phi) is 6.23.